The Balaban J connectivity index is 2.46. The Morgan fingerprint density at radius 3 is 2.83 bits per heavy atom. The molecule has 0 fully saturated rings. The van der Waals surface area contributed by atoms with Gasteiger partial charge < -0.3 is 16.8 Å². The van der Waals surface area contributed by atoms with E-state index in [4.69, 9.17) is 11.5 Å². The lowest BCUT2D eigenvalue weighted by atomic mass is 9.93. The van der Waals surface area contributed by atoms with Crippen molar-refractivity contribution in [2.45, 2.75) is 0 Å². The van der Waals surface area contributed by atoms with Gasteiger partial charge >= 0.3 is 0 Å². The van der Waals surface area contributed by atoms with Crippen LogP contribution < -0.4 is 16.8 Å². The van der Waals surface area contributed by atoms with Crippen molar-refractivity contribution in [1.82, 2.24) is 4.98 Å². The van der Waals surface area contributed by atoms with Gasteiger partial charge in [-0.3, -0.25) is 14.6 Å². The van der Waals surface area contributed by atoms with E-state index in [1.807, 2.05) is 12.1 Å². The normalized spacial score (nSPS) is 10.8. The largest absolute Gasteiger partial charge is 0.398 e. The lowest BCUT2D eigenvalue weighted by Crippen LogP contribution is -2.13. The van der Waals surface area contributed by atoms with Gasteiger partial charge in [0, 0.05) is 58.6 Å². The molecule has 116 valence electrons. The molecule has 0 spiro atoms. The molecule has 0 saturated heterocycles. The van der Waals surface area contributed by atoms with E-state index in [-0.39, 0.29) is 5.56 Å². The van der Waals surface area contributed by atoms with Gasteiger partial charge in [0.25, 0.3) is 0 Å². The topological polar surface area (TPSA) is 111 Å². The molecule has 6 nitrogen and oxygen atoms in total. The van der Waals surface area contributed by atoms with Crippen molar-refractivity contribution in [1.29, 1.82) is 0 Å². The van der Waals surface area contributed by atoms with E-state index in [1.54, 1.807) is 24.5 Å². The van der Waals surface area contributed by atoms with E-state index in [0.717, 1.165) is 16.5 Å². The van der Waals surface area contributed by atoms with E-state index in [1.165, 1.54) is 0 Å². The maximum Gasteiger partial charge on any atom is 0.226 e. The molecule has 0 amide bonds. The molecular weight excluding hydrogens is 292 g/mol. The zero-order valence-electron chi connectivity index (χ0n) is 12.4. The summed E-state index contributed by atoms with van der Waals surface area (Å²) in [6.07, 6.45) is 3.52. The first-order valence-corrected chi connectivity index (χ1v) is 7.19. The van der Waals surface area contributed by atoms with Crippen molar-refractivity contribution in [2.75, 3.05) is 24.1 Å². The highest BCUT2D eigenvalue weighted by Crippen LogP contribution is 2.36. The number of nitrogens with two attached hydrogens (primary N) is 2. The quantitative estimate of drug-likeness (QED) is 0.217. The highest BCUT2D eigenvalue weighted by Gasteiger charge is 2.18. The highest BCUT2D eigenvalue weighted by atomic mass is 16.2. The number of Topliss-reactive ketones (excluding diaryl/α,β-unsaturated/α-hetero) is 1. The van der Waals surface area contributed by atoms with Crippen LogP contribution in [0.25, 0.3) is 21.5 Å². The van der Waals surface area contributed by atoms with E-state index >= 15 is 0 Å². The standard InChI is InChI=1S/C17H16N4O2/c18-4-6-21-14-2-1-13(19)16-11(14)7-10-3-5-20-8-12(10)17(16)15(23)9-22/h1-3,5,7-9,21H,4,6,18-19H2. The van der Waals surface area contributed by atoms with Gasteiger partial charge in [0.05, 0.1) is 0 Å². The Morgan fingerprint density at radius 2 is 2.09 bits per heavy atom. The van der Waals surface area contributed by atoms with Crippen LogP contribution in [0.1, 0.15) is 10.4 Å². The second kappa shape index (κ2) is 6.02. The van der Waals surface area contributed by atoms with Crippen molar-refractivity contribution in [3.63, 3.8) is 0 Å². The summed E-state index contributed by atoms with van der Waals surface area (Å²) in [6, 6.07) is 7.29. The number of benzene rings is 2. The molecule has 23 heavy (non-hydrogen) atoms. The number of fused-ring (bicyclic) bond motifs is 2. The molecule has 3 rings (SSSR count). The SMILES string of the molecule is NCCNc1ccc(N)c2c(C(=O)C=O)c3cnccc3cc12. The van der Waals surface area contributed by atoms with Gasteiger partial charge in [-0.15, -0.1) is 0 Å². The molecule has 0 unspecified atom stereocenters. The monoisotopic (exact) mass is 308 g/mol. The molecule has 0 aliphatic carbocycles. The molecule has 0 aliphatic rings. The maximum absolute atomic E-state index is 12.2. The van der Waals surface area contributed by atoms with Crippen molar-refractivity contribution < 1.29 is 9.59 Å². The Kier molecular flexibility index (Phi) is 3.91. The Labute approximate surface area is 132 Å². The van der Waals surface area contributed by atoms with E-state index in [9.17, 15) is 9.59 Å². The van der Waals surface area contributed by atoms with Gasteiger partial charge in [0.15, 0.2) is 6.29 Å². The number of carbonyl (C=O) groups is 2. The van der Waals surface area contributed by atoms with E-state index in [0.29, 0.717) is 35.8 Å². The van der Waals surface area contributed by atoms with Gasteiger partial charge in [-0.25, -0.2) is 0 Å². The number of pyridine rings is 1. The first kappa shape index (κ1) is 14.9. The molecule has 0 bridgehead atoms. The summed E-state index contributed by atoms with van der Waals surface area (Å²) in [7, 11) is 0. The fraction of sp³-hybridized carbons (Fsp3) is 0.118. The number of hydrogen-bond donors (Lipinski definition) is 3. The van der Waals surface area contributed by atoms with Crippen molar-refractivity contribution in [3.05, 3.63) is 42.2 Å². The maximum atomic E-state index is 12.2. The second-order valence-corrected chi connectivity index (χ2v) is 5.17. The van der Waals surface area contributed by atoms with Crippen LogP contribution in [0.3, 0.4) is 0 Å². The van der Waals surface area contributed by atoms with Crippen LogP contribution in [0.5, 0.6) is 0 Å². The van der Waals surface area contributed by atoms with Gasteiger partial charge in [0.1, 0.15) is 0 Å². The molecule has 2 aromatic carbocycles. The summed E-state index contributed by atoms with van der Waals surface area (Å²) < 4.78 is 0. The summed E-state index contributed by atoms with van der Waals surface area (Å²) in [5.41, 5.74) is 13.2. The summed E-state index contributed by atoms with van der Waals surface area (Å²) in [6.45, 7) is 1.06. The van der Waals surface area contributed by atoms with E-state index < -0.39 is 5.78 Å². The van der Waals surface area contributed by atoms with Gasteiger partial charge in [-0.05, 0) is 29.7 Å². The van der Waals surface area contributed by atoms with Crippen LogP contribution in [0.4, 0.5) is 11.4 Å². The van der Waals surface area contributed by atoms with Crippen LogP contribution in [0, 0.1) is 0 Å². The number of nitrogens with zero attached hydrogens (tertiary/aromatic N) is 1. The lowest BCUT2D eigenvalue weighted by Gasteiger charge is -2.15. The first-order valence-electron chi connectivity index (χ1n) is 7.19. The summed E-state index contributed by atoms with van der Waals surface area (Å²) in [5, 5.41) is 5.99. The fourth-order valence-electron chi connectivity index (χ4n) is 2.77. The van der Waals surface area contributed by atoms with Crippen molar-refractivity contribution >= 4 is 45.0 Å². The fourth-order valence-corrected chi connectivity index (χ4v) is 2.77. The van der Waals surface area contributed by atoms with Crippen LogP contribution in [-0.4, -0.2) is 30.1 Å². The minimum atomic E-state index is -0.615. The lowest BCUT2D eigenvalue weighted by molar-refractivity contribution is -0.104. The summed E-state index contributed by atoms with van der Waals surface area (Å²) in [4.78, 5) is 27.4. The third kappa shape index (κ3) is 2.49. The molecule has 3 aromatic rings. The average molecular weight is 308 g/mol. The molecule has 0 saturated carbocycles. The zero-order valence-corrected chi connectivity index (χ0v) is 12.4. The second-order valence-electron chi connectivity index (χ2n) is 5.17. The number of ketones is 1. The average Bonchev–Trinajstić information content (AvgIpc) is 2.59. The number of nitrogens with one attached hydrogen (secondary N) is 1. The molecule has 1 heterocycles. The van der Waals surface area contributed by atoms with Crippen LogP contribution >= 0.6 is 0 Å². The number of anilines is 2. The minimum absolute atomic E-state index is 0.287. The van der Waals surface area contributed by atoms with Gasteiger partial charge in [0.2, 0.25) is 5.78 Å². The van der Waals surface area contributed by atoms with Gasteiger partial charge in [-0.2, -0.15) is 0 Å². The predicted molar refractivity (Wildman–Crippen MR) is 91.6 cm³/mol. The van der Waals surface area contributed by atoms with Gasteiger partial charge in [-0.1, -0.05) is 0 Å². The molecule has 5 N–H and O–H groups in total. The number of rotatable bonds is 5. The molecule has 0 radical (unpaired) electrons. The summed E-state index contributed by atoms with van der Waals surface area (Å²) >= 11 is 0. The number of aldehydes is 1. The molecule has 0 atom stereocenters. The number of hydrogen-bond acceptors (Lipinski definition) is 6. The molecule has 0 aliphatic heterocycles. The highest BCUT2D eigenvalue weighted by molar-refractivity contribution is 6.41. The van der Waals surface area contributed by atoms with E-state index in [2.05, 4.69) is 10.3 Å². The smallest absolute Gasteiger partial charge is 0.226 e. The van der Waals surface area contributed by atoms with Crippen LogP contribution in [-0.2, 0) is 4.79 Å². The number of nitrogen functional groups attached to an aromatic ring is 1. The molecule has 6 heteroatoms. The zero-order chi connectivity index (χ0) is 16.4. The van der Waals surface area contributed by atoms with Crippen molar-refractivity contribution in [3.8, 4) is 0 Å². The van der Waals surface area contributed by atoms with Crippen LogP contribution in [0.2, 0.25) is 0 Å². The molecule has 1 aromatic heterocycles. The Morgan fingerprint density at radius 1 is 1.26 bits per heavy atom. The minimum Gasteiger partial charge on any atom is -0.398 e. The third-order valence-corrected chi connectivity index (χ3v) is 3.76. The molecular formula is C17H16N4O2. The van der Waals surface area contributed by atoms with Crippen LogP contribution in [0.15, 0.2) is 36.7 Å². The third-order valence-electron chi connectivity index (χ3n) is 3.76. The number of carbonyl (C=O) groups excluding carboxylic acids is 2. The summed E-state index contributed by atoms with van der Waals surface area (Å²) in [5.74, 6) is -0.615. The Bertz CT molecular complexity index is 921. The van der Waals surface area contributed by atoms with Crippen molar-refractivity contribution in [2.24, 2.45) is 5.73 Å². The Hall–Kier alpha value is -2.99. The predicted octanol–water partition coefficient (Wildman–Crippen LogP) is 1.72. The first-order chi connectivity index (χ1) is 11.2. The number of aromatic nitrogens is 1.